The van der Waals surface area contributed by atoms with E-state index < -0.39 is 18.0 Å². The fourth-order valence-electron chi connectivity index (χ4n) is 1.74. The van der Waals surface area contributed by atoms with E-state index in [-0.39, 0.29) is 5.75 Å². The highest BCUT2D eigenvalue weighted by Crippen LogP contribution is 2.26. The van der Waals surface area contributed by atoms with E-state index in [0.717, 1.165) is 0 Å². The molecule has 124 valence electrons. The number of hydrogen-bond donors (Lipinski definition) is 2. The number of carboxylic acid groups (broad SMARTS) is 1. The highest BCUT2D eigenvalue weighted by atomic mass is 19.3. The van der Waals surface area contributed by atoms with Gasteiger partial charge in [-0.3, -0.25) is 4.79 Å². The zero-order valence-electron chi connectivity index (χ0n) is 12.9. The Kier molecular flexibility index (Phi) is 6.55. The van der Waals surface area contributed by atoms with Gasteiger partial charge in [0.25, 0.3) is 0 Å². The Labute approximate surface area is 128 Å². The Morgan fingerprint density at radius 1 is 1.41 bits per heavy atom. The summed E-state index contributed by atoms with van der Waals surface area (Å²) in [5.41, 5.74) is -0.288. The first-order valence-corrected chi connectivity index (χ1v) is 6.82. The van der Waals surface area contributed by atoms with Gasteiger partial charge in [-0.15, -0.1) is 0 Å². The number of carbonyl (C=O) groups is 1. The fraction of sp³-hybridized carbons (Fsp3) is 0.533. The van der Waals surface area contributed by atoms with Gasteiger partial charge in [0.05, 0.1) is 12.5 Å². The Hall–Kier alpha value is -1.89. The first-order chi connectivity index (χ1) is 10.3. The molecule has 1 aromatic carbocycles. The minimum Gasteiger partial charge on any atom is -0.497 e. The number of halogens is 2. The molecule has 0 atom stereocenters. The van der Waals surface area contributed by atoms with E-state index in [4.69, 9.17) is 9.84 Å². The lowest BCUT2D eigenvalue weighted by atomic mass is 9.90. The Balaban J connectivity index is 2.63. The van der Waals surface area contributed by atoms with E-state index in [1.807, 2.05) is 0 Å². The predicted octanol–water partition coefficient (Wildman–Crippen LogP) is 2.89. The molecule has 0 bridgehead atoms. The molecule has 0 unspecified atom stereocenters. The van der Waals surface area contributed by atoms with Crippen molar-refractivity contribution in [2.24, 2.45) is 5.41 Å². The lowest BCUT2D eigenvalue weighted by molar-refractivity contribution is -0.147. The Morgan fingerprint density at radius 2 is 2.09 bits per heavy atom. The zero-order chi connectivity index (χ0) is 16.8. The monoisotopic (exact) mass is 317 g/mol. The zero-order valence-corrected chi connectivity index (χ0v) is 12.9. The highest BCUT2D eigenvalue weighted by Gasteiger charge is 2.26. The number of methoxy groups -OCH3 is 1. The van der Waals surface area contributed by atoms with Gasteiger partial charge in [-0.1, -0.05) is 6.07 Å². The molecular weight excluding hydrogens is 296 g/mol. The summed E-state index contributed by atoms with van der Waals surface area (Å²) >= 11 is 0. The summed E-state index contributed by atoms with van der Waals surface area (Å²) in [6.45, 7) is 1.09. The number of benzene rings is 1. The van der Waals surface area contributed by atoms with Crippen LogP contribution in [0.25, 0.3) is 0 Å². The second-order valence-electron chi connectivity index (χ2n) is 5.47. The maximum atomic E-state index is 12.4. The van der Waals surface area contributed by atoms with E-state index in [2.05, 4.69) is 10.1 Å². The van der Waals surface area contributed by atoms with Crippen LogP contribution in [0.3, 0.4) is 0 Å². The number of alkyl halides is 2. The van der Waals surface area contributed by atoms with E-state index in [1.165, 1.54) is 13.2 Å². The van der Waals surface area contributed by atoms with Gasteiger partial charge in [0, 0.05) is 18.2 Å². The third-order valence-corrected chi connectivity index (χ3v) is 3.31. The standard InChI is InChI=1S/C15H21F2NO4/c1-15(2,13(19)20)6-7-18-9-10-4-5-11(21-3)8-12(10)22-14(16)17/h4-5,8,14,18H,6-7,9H2,1-3H3,(H,19,20). The first-order valence-electron chi connectivity index (χ1n) is 6.82. The average Bonchev–Trinajstić information content (AvgIpc) is 2.43. The van der Waals surface area contributed by atoms with Gasteiger partial charge >= 0.3 is 12.6 Å². The van der Waals surface area contributed by atoms with E-state index in [9.17, 15) is 13.6 Å². The third kappa shape index (κ3) is 5.48. The molecular formula is C15H21F2NO4. The number of nitrogens with one attached hydrogen (secondary N) is 1. The summed E-state index contributed by atoms with van der Waals surface area (Å²) in [4.78, 5) is 11.0. The molecule has 0 aromatic heterocycles. The van der Waals surface area contributed by atoms with Crippen LogP contribution in [-0.2, 0) is 11.3 Å². The molecule has 0 aliphatic heterocycles. The molecule has 22 heavy (non-hydrogen) atoms. The first kappa shape index (κ1) is 18.2. The molecule has 5 nitrogen and oxygen atoms in total. The predicted molar refractivity (Wildman–Crippen MR) is 77.4 cm³/mol. The molecule has 0 aliphatic rings. The molecule has 0 radical (unpaired) electrons. The molecule has 0 fully saturated rings. The van der Waals surface area contributed by atoms with Crippen molar-refractivity contribution >= 4 is 5.97 Å². The van der Waals surface area contributed by atoms with Gasteiger partial charge in [-0.25, -0.2) is 0 Å². The van der Waals surface area contributed by atoms with Crippen LogP contribution >= 0.6 is 0 Å². The molecule has 0 spiro atoms. The third-order valence-electron chi connectivity index (χ3n) is 3.31. The molecule has 0 saturated heterocycles. The van der Waals surface area contributed by atoms with Crippen molar-refractivity contribution in [3.63, 3.8) is 0 Å². The van der Waals surface area contributed by atoms with Crippen LogP contribution in [-0.4, -0.2) is 31.3 Å². The SMILES string of the molecule is COc1ccc(CNCCC(C)(C)C(=O)O)c(OC(F)F)c1. The van der Waals surface area contributed by atoms with Crippen LogP contribution in [0.1, 0.15) is 25.8 Å². The van der Waals surface area contributed by atoms with Crippen LogP contribution in [0.15, 0.2) is 18.2 Å². The molecule has 0 saturated carbocycles. The maximum Gasteiger partial charge on any atom is 0.387 e. The molecule has 0 heterocycles. The summed E-state index contributed by atoms with van der Waals surface area (Å²) in [5.74, 6) is -0.411. The molecule has 1 aromatic rings. The Morgan fingerprint density at radius 3 is 2.64 bits per heavy atom. The van der Waals surface area contributed by atoms with E-state index >= 15 is 0 Å². The summed E-state index contributed by atoms with van der Waals surface area (Å²) < 4.78 is 34.3. The van der Waals surface area contributed by atoms with Crippen molar-refractivity contribution in [2.45, 2.75) is 33.4 Å². The van der Waals surface area contributed by atoms with Crippen LogP contribution < -0.4 is 14.8 Å². The summed E-state index contributed by atoms with van der Waals surface area (Å²) in [7, 11) is 1.44. The van der Waals surface area contributed by atoms with Gasteiger partial charge in [0.15, 0.2) is 0 Å². The van der Waals surface area contributed by atoms with Crippen LogP contribution in [0.5, 0.6) is 11.5 Å². The molecule has 0 amide bonds. The Bertz CT molecular complexity index is 506. The summed E-state index contributed by atoms with van der Waals surface area (Å²) in [6, 6.07) is 4.67. The number of aliphatic carboxylic acids is 1. The van der Waals surface area contributed by atoms with Crippen molar-refractivity contribution in [2.75, 3.05) is 13.7 Å². The van der Waals surface area contributed by atoms with Crippen molar-refractivity contribution in [1.82, 2.24) is 5.32 Å². The molecule has 7 heteroatoms. The number of hydrogen-bond acceptors (Lipinski definition) is 4. The van der Waals surface area contributed by atoms with Gasteiger partial charge in [0.2, 0.25) is 0 Å². The van der Waals surface area contributed by atoms with Crippen LogP contribution in [0.2, 0.25) is 0 Å². The number of rotatable bonds is 9. The molecule has 0 aliphatic carbocycles. The van der Waals surface area contributed by atoms with Gasteiger partial charge in [-0.05, 0) is 32.9 Å². The van der Waals surface area contributed by atoms with Crippen molar-refractivity contribution < 1.29 is 28.2 Å². The second kappa shape index (κ2) is 7.93. The molecule has 1 rings (SSSR count). The summed E-state index contributed by atoms with van der Waals surface area (Å²) in [5, 5.41) is 12.0. The van der Waals surface area contributed by atoms with Crippen LogP contribution in [0, 0.1) is 5.41 Å². The van der Waals surface area contributed by atoms with Gasteiger partial charge in [0.1, 0.15) is 11.5 Å². The highest BCUT2D eigenvalue weighted by molar-refractivity contribution is 5.73. The van der Waals surface area contributed by atoms with E-state index in [1.54, 1.807) is 26.0 Å². The fourth-order valence-corrected chi connectivity index (χ4v) is 1.74. The number of ether oxygens (including phenoxy) is 2. The van der Waals surface area contributed by atoms with E-state index in [0.29, 0.717) is 30.8 Å². The average molecular weight is 317 g/mol. The minimum atomic E-state index is -2.92. The lowest BCUT2D eigenvalue weighted by Gasteiger charge is -2.19. The van der Waals surface area contributed by atoms with Gasteiger partial charge in [-0.2, -0.15) is 8.78 Å². The number of carboxylic acids is 1. The quantitative estimate of drug-likeness (QED) is 0.686. The maximum absolute atomic E-state index is 12.4. The minimum absolute atomic E-state index is 0.0411. The normalized spacial score (nSPS) is 11.5. The molecule has 2 N–H and O–H groups in total. The van der Waals surface area contributed by atoms with Crippen LogP contribution in [0.4, 0.5) is 8.78 Å². The largest absolute Gasteiger partial charge is 0.497 e. The van der Waals surface area contributed by atoms with Crippen molar-refractivity contribution in [3.8, 4) is 11.5 Å². The summed E-state index contributed by atoms with van der Waals surface area (Å²) in [6.07, 6.45) is 0.420. The van der Waals surface area contributed by atoms with Crippen molar-refractivity contribution in [3.05, 3.63) is 23.8 Å². The van der Waals surface area contributed by atoms with Gasteiger partial charge < -0.3 is 19.9 Å². The van der Waals surface area contributed by atoms with Crippen molar-refractivity contribution in [1.29, 1.82) is 0 Å². The second-order valence-corrected chi connectivity index (χ2v) is 5.47. The smallest absolute Gasteiger partial charge is 0.387 e. The lowest BCUT2D eigenvalue weighted by Crippen LogP contribution is -2.28. The topological polar surface area (TPSA) is 67.8 Å².